The maximum Gasteiger partial charge on any atom is 0.251 e. The van der Waals surface area contributed by atoms with Gasteiger partial charge in [0.1, 0.15) is 5.82 Å². The summed E-state index contributed by atoms with van der Waals surface area (Å²) in [6, 6.07) is 3.85. The molecule has 0 aliphatic heterocycles. The average Bonchev–Trinajstić information content (AvgIpc) is 2.36. The van der Waals surface area contributed by atoms with Crippen LogP contribution in [0.1, 0.15) is 56.1 Å². The van der Waals surface area contributed by atoms with Gasteiger partial charge in [-0.2, -0.15) is 0 Å². The molecule has 0 aliphatic carbocycles. The van der Waals surface area contributed by atoms with Crippen LogP contribution in [0.4, 0.5) is 5.82 Å². The van der Waals surface area contributed by atoms with E-state index in [1.807, 2.05) is 26.0 Å². The van der Waals surface area contributed by atoms with Crippen LogP contribution in [0.3, 0.4) is 0 Å². The van der Waals surface area contributed by atoms with Crippen molar-refractivity contribution in [2.24, 2.45) is 0 Å². The third-order valence-corrected chi connectivity index (χ3v) is 2.87. The molecule has 106 valence electrons. The minimum atomic E-state index is -0.0222. The Labute approximate surface area is 116 Å². The second kappa shape index (κ2) is 7.77. The highest BCUT2D eigenvalue weighted by Gasteiger charge is 2.11. The predicted molar refractivity (Wildman–Crippen MR) is 79.6 cm³/mol. The molecule has 4 nitrogen and oxygen atoms in total. The van der Waals surface area contributed by atoms with E-state index in [1.54, 1.807) is 0 Å². The molecule has 19 heavy (non-hydrogen) atoms. The SMILES string of the molecule is CCCNc1cc(C(=O)NC(C)CCC)cc(C)n1. The lowest BCUT2D eigenvalue weighted by Gasteiger charge is -2.14. The van der Waals surface area contributed by atoms with Gasteiger partial charge in [0.2, 0.25) is 0 Å². The minimum Gasteiger partial charge on any atom is -0.370 e. The van der Waals surface area contributed by atoms with Gasteiger partial charge < -0.3 is 10.6 Å². The van der Waals surface area contributed by atoms with Gasteiger partial charge in [0, 0.05) is 23.8 Å². The van der Waals surface area contributed by atoms with E-state index in [-0.39, 0.29) is 11.9 Å². The smallest absolute Gasteiger partial charge is 0.251 e. The second-order valence-corrected chi connectivity index (χ2v) is 4.97. The van der Waals surface area contributed by atoms with E-state index in [2.05, 4.69) is 29.5 Å². The van der Waals surface area contributed by atoms with Gasteiger partial charge in [0.25, 0.3) is 5.91 Å². The van der Waals surface area contributed by atoms with Crippen molar-refractivity contribution in [3.8, 4) is 0 Å². The normalized spacial score (nSPS) is 12.0. The minimum absolute atomic E-state index is 0.0222. The Balaban J connectivity index is 2.75. The van der Waals surface area contributed by atoms with Crippen molar-refractivity contribution in [3.63, 3.8) is 0 Å². The lowest BCUT2D eigenvalue weighted by molar-refractivity contribution is 0.0938. The summed E-state index contributed by atoms with van der Waals surface area (Å²) in [4.78, 5) is 16.5. The molecule has 1 aromatic rings. The number of anilines is 1. The molecular weight excluding hydrogens is 238 g/mol. The number of amides is 1. The topological polar surface area (TPSA) is 54.0 Å². The van der Waals surface area contributed by atoms with Gasteiger partial charge in [-0.25, -0.2) is 4.98 Å². The first kappa shape index (κ1) is 15.5. The van der Waals surface area contributed by atoms with Crippen molar-refractivity contribution in [2.45, 2.75) is 53.0 Å². The van der Waals surface area contributed by atoms with Crippen LogP contribution in [0, 0.1) is 6.92 Å². The predicted octanol–water partition coefficient (Wildman–Crippen LogP) is 3.13. The van der Waals surface area contributed by atoms with Crippen molar-refractivity contribution in [1.29, 1.82) is 0 Å². The molecule has 0 saturated heterocycles. The number of rotatable bonds is 7. The van der Waals surface area contributed by atoms with Crippen molar-refractivity contribution >= 4 is 11.7 Å². The van der Waals surface area contributed by atoms with Crippen LogP contribution in [-0.4, -0.2) is 23.5 Å². The molecule has 0 fully saturated rings. The highest BCUT2D eigenvalue weighted by atomic mass is 16.1. The van der Waals surface area contributed by atoms with Crippen LogP contribution >= 0.6 is 0 Å². The van der Waals surface area contributed by atoms with Gasteiger partial charge in [0.05, 0.1) is 0 Å². The van der Waals surface area contributed by atoms with Gasteiger partial charge in [-0.15, -0.1) is 0 Å². The summed E-state index contributed by atoms with van der Waals surface area (Å²) in [5.74, 6) is 0.751. The molecule has 1 unspecified atom stereocenters. The molecule has 0 saturated carbocycles. The summed E-state index contributed by atoms with van der Waals surface area (Å²) in [6.45, 7) is 9.02. The molecule has 4 heteroatoms. The fourth-order valence-electron chi connectivity index (χ4n) is 1.96. The van der Waals surface area contributed by atoms with Crippen molar-refractivity contribution < 1.29 is 4.79 Å². The Hall–Kier alpha value is -1.58. The van der Waals surface area contributed by atoms with Crippen LogP contribution in [0.2, 0.25) is 0 Å². The molecule has 1 aromatic heterocycles. The zero-order valence-corrected chi connectivity index (χ0v) is 12.4. The standard InChI is InChI=1S/C15H25N3O/c1-5-7-11(3)18-15(19)13-9-12(4)17-14(10-13)16-8-6-2/h9-11H,5-8H2,1-4H3,(H,16,17)(H,18,19). The lowest BCUT2D eigenvalue weighted by atomic mass is 10.1. The van der Waals surface area contributed by atoms with Crippen molar-refractivity contribution in [3.05, 3.63) is 23.4 Å². The molecule has 0 radical (unpaired) electrons. The molecule has 2 N–H and O–H groups in total. The van der Waals surface area contributed by atoms with Gasteiger partial charge in [-0.05, 0) is 38.8 Å². The van der Waals surface area contributed by atoms with Crippen LogP contribution in [-0.2, 0) is 0 Å². The Morgan fingerprint density at radius 1 is 1.32 bits per heavy atom. The Morgan fingerprint density at radius 3 is 2.68 bits per heavy atom. The molecule has 0 aromatic carbocycles. The van der Waals surface area contributed by atoms with E-state index in [0.29, 0.717) is 5.56 Å². The summed E-state index contributed by atoms with van der Waals surface area (Å²) >= 11 is 0. The molecule has 0 spiro atoms. The third-order valence-electron chi connectivity index (χ3n) is 2.87. The van der Waals surface area contributed by atoms with E-state index >= 15 is 0 Å². The van der Waals surface area contributed by atoms with Crippen LogP contribution in [0.5, 0.6) is 0 Å². The molecule has 1 amide bonds. The molecule has 1 rings (SSSR count). The van der Waals surface area contributed by atoms with Crippen LogP contribution in [0.25, 0.3) is 0 Å². The van der Waals surface area contributed by atoms with E-state index in [9.17, 15) is 4.79 Å². The highest BCUT2D eigenvalue weighted by Crippen LogP contribution is 2.11. The number of nitrogens with one attached hydrogen (secondary N) is 2. The zero-order chi connectivity index (χ0) is 14.3. The first-order chi connectivity index (χ1) is 9.06. The van der Waals surface area contributed by atoms with Gasteiger partial charge in [-0.1, -0.05) is 20.3 Å². The molecule has 0 bridgehead atoms. The van der Waals surface area contributed by atoms with Crippen molar-refractivity contribution in [2.75, 3.05) is 11.9 Å². The van der Waals surface area contributed by atoms with Crippen LogP contribution in [0.15, 0.2) is 12.1 Å². The maximum absolute atomic E-state index is 12.1. The molecule has 0 aliphatic rings. The number of hydrogen-bond acceptors (Lipinski definition) is 3. The van der Waals surface area contributed by atoms with E-state index in [4.69, 9.17) is 0 Å². The number of aromatic nitrogens is 1. The number of hydrogen-bond donors (Lipinski definition) is 2. The van der Waals surface area contributed by atoms with E-state index in [1.165, 1.54) is 0 Å². The number of carbonyl (C=O) groups is 1. The number of aryl methyl sites for hydroxylation is 1. The third kappa shape index (κ3) is 5.28. The quantitative estimate of drug-likeness (QED) is 0.794. The number of pyridine rings is 1. The largest absolute Gasteiger partial charge is 0.370 e. The first-order valence-electron chi connectivity index (χ1n) is 7.10. The summed E-state index contributed by atoms with van der Waals surface area (Å²) in [5.41, 5.74) is 1.53. The Kier molecular flexibility index (Phi) is 6.33. The van der Waals surface area contributed by atoms with Crippen molar-refractivity contribution in [1.82, 2.24) is 10.3 Å². The highest BCUT2D eigenvalue weighted by molar-refractivity contribution is 5.95. The summed E-state index contributed by atoms with van der Waals surface area (Å²) < 4.78 is 0. The average molecular weight is 263 g/mol. The fraction of sp³-hybridized carbons (Fsp3) is 0.600. The maximum atomic E-state index is 12.1. The summed E-state index contributed by atoms with van der Waals surface area (Å²) in [7, 11) is 0. The molecular formula is C15H25N3O. The first-order valence-corrected chi connectivity index (χ1v) is 7.10. The Bertz CT molecular complexity index is 418. The number of carbonyl (C=O) groups excluding carboxylic acids is 1. The monoisotopic (exact) mass is 263 g/mol. The Morgan fingerprint density at radius 2 is 2.05 bits per heavy atom. The summed E-state index contributed by atoms with van der Waals surface area (Å²) in [5, 5.41) is 6.23. The van der Waals surface area contributed by atoms with E-state index < -0.39 is 0 Å². The lowest BCUT2D eigenvalue weighted by Crippen LogP contribution is -2.32. The molecule has 1 atom stereocenters. The van der Waals surface area contributed by atoms with Crippen LogP contribution < -0.4 is 10.6 Å². The second-order valence-electron chi connectivity index (χ2n) is 4.97. The van der Waals surface area contributed by atoms with Gasteiger partial charge in [0.15, 0.2) is 0 Å². The fourth-order valence-corrected chi connectivity index (χ4v) is 1.96. The number of nitrogens with zero attached hydrogens (tertiary/aromatic N) is 1. The summed E-state index contributed by atoms with van der Waals surface area (Å²) in [6.07, 6.45) is 3.10. The van der Waals surface area contributed by atoms with Gasteiger partial charge in [-0.3, -0.25) is 4.79 Å². The van der Waals surface area contributed by atoms with Gasteiger partial charge >= 0.3 is 0 Å². The van der Waals surface area contributed by atoms with E-state index in [0.717, 1.165) is 37.3 Å². The molecule has 1 heterocycles. The zero-order valence-electron chi connectivity index (χ0n) is 12.4.